The third kappa shape index (κ3) is 1.19. The Morgan fingerprint density at radius 3 is 2.50 bits per heavy atom. The first-order valence-electron chi connectivity index (χ1n) is 2.65. The normalized spacial score (nSPS) is 20.9. The first kappa shape index (κ1) is 6.02. The summed E-state index contributed by atoms with van der Waals surface area (Å²) in [5, 5.41) is 0. The van der Waals surface area contributed by atoms with Gasteiger partial charge in [0.25, 0.3) is 0 Å². The van der Waals surface area contributed by atoms with E-state index in [4.69, 9.17) is 0 Å². The van der Waals surface area contributed by atoms with E-state index in [1.165, 1.54) is 12.8 Å². The van der Waals surface area contributed by atoms with Gasteiger partial charge in [-0.15, -0.1) is 0 Å². The molecule has 0 heterocycles. The molecule has 0 bridgehead atoms. The van der Waals surface area contributed by atoms with Crippen LogP contribution in [0, 0.1) is 5.92 Å². The van der Waals surface area contributed by atoms with Gasteiger partial charge in [0.1, 0.15) is 0 Å². The fourth-order valence-electron chi connectivity index (χ4n) is 0.632. The van der Waals surface area contributed by atoms with Crippen LogP contribution >= 0.6 is 15.9 Å². The molecule has 44 valence electrons. The Hall–Kier alpha value is -0.110. The van der Waals surface area contributed by atoms with Crippen LogP contribution in [0.25, 0.3) is 0 Å². The lowest BCUT2D eigenvalue weighted by Gasteiger charge is -1.89. The van der Waals surface area contributed by atoms with Crippen LogP contribution in [0.5, 0.6) is 0 Å². The Balaban J connectivity index is 2.49. The molecule has 0 N–H and O–H groups in total. The van der Waals surface area contributed by atoms with Crippen LogP contribution in [-0.2, 0) is 0 Å². The van der Waals surface area contributed by atoms with Crippen LogP contribution in [0.15, 0.2) is 15.7 Å². The summed E-state index contributed by atoms with van der Waals surface area (Å²) in [7, 11) is 0. The average Bonchev–Trinajstić information content (AvgIpc) is 2.53. The molecule has 0 saturated heterocycles. The zero-order valence-corrected chi connectivity index (χ0v) is 6.19. The molecule has 0 aromatic rings. The average molecular weight is 174 g/mol. The first-order chi connectivity index (χ1) is 3.88. The zero-order valence-electron chi connectivity index (χ0n) is 4.60. The van der Waals surface area contributed by atoms with Crippen LogP contribution in [0.1, 0.15) is 12.8 Å². The van der Waals surface area contributed by atoms with Crippen molar-refractivity contribution < 1.29 is 0 Å². The molecule has 0 atom stereocenters. The minimum atomic E-state index is 0.715. The minimum absolute atomic E-state index is 0.715. The Morgan fingerprint density at radius 2 is 2.38 bits per heavy atom. The summed E-state index contributed by atoms with van der Waals surface area (Å²) < 4.78 is 0. The van der Waals surface area contributed by atoms with Gasteiger partial charge in [0.05, 0.1) is 0 Å². The second kappa shape index (κ2) is 2.44. The molecule has 1 rings (SSSR count). The molecule has 1 aliphatic rings. The number of halogens is 1. The van der Waals surface area contributed by atoms with Crippen LogP contribution in [0.2, 0.25) is 0 Å². The molecule has 8 heavy (non-hydrogen) atoms. The smallest absolute Gasteiger partial charge is 0.0496 e. The molecule has 0 aromatic heterocycles. The van der Waals surface area contributed by atoms with Crippen molar-refractivity contribution in [1.82, 2.24) is 0 Å². The van der Waals surface area contributed by atoms with Gasteiger partial charge >= 0.3 is 0 Å². The number of nitrogens with zero attached hydrogens (tertiary/aromatic N) is 1. The Morgan fingerprint density at radius 1 is 1.75 bits per heavy atom. The molecule has 0 radical (unpaired) electrons. The SMILES string of the molecule is C=N/C(=C/Br)C1CC1. The number of rotatable bonds is 2. The van der Waals surface area contributed by atoms with Crippen LogP contribution in [0.3, 0.4) is 0 Å². The third-order valence-corrected chi connectivity index (χ3v) is 1.76. The van der Waals surface area contributed by atoms with E-state index in [0.29, 0.717) is 5.92 Å². The van der Waals surface area contributed by atoms with Crippen molar-refractivity contribution in [3.8, 4) is 0 Å². The van der Waals surface area contributed by atoms with Crippen LogP contribution in [-0.4, -0.2) is 6.72 Å². The maximum Gasteiger partial charge on any atom is 0.0496 e. The highest BCUT2D eigenvalue weighted by molar-refractivity contribution is 9.11. The van der Waals surface area contributed by atoms with Crippen molar-refractivity contribution in [3.05, 3.63) is 10.7 Å². The van der Waals surface area contributed by atoms with Gasteiger partial charge in [-0.1, -0.05) is 15.9 Å². The summed E-state index contributed by atoms with van der Waals surface area (Å²) in [5.41, 5.74) is 1.10. The van der Waals surface area contributed by atoms with E-state index < -0.39 is 0 Å². The fraction of sp³-hybridized carbons (Fsp3) is 0.500. The summed E-state index contributed by atoms with van der Waals surface area (Å²) in [4.78, 5) is 5.69. The predicted octanol–water partition coefficient (Wildman–Crippen LogP) is 2.33. The number of allylic oxidation sites excluding steroid dienone is 1. The monoisotopic (exact) mass is 173 g/mol. The zero-order chi connectivity index (χ0) is 5.98. The summed E-state index contributed by atoms with van der Waals surface area (Å²) in [5.74, 6) is 0.715. The molecule has 0 amide bonds. The molecule has 0 aromatic carbocycles. The Labute approximate surface area is 57.6 Å². The standard InChI is InChI=1S/C6H8BrN/c1-8-6(4-7)5-2-3-5/h4-5H,1-3H2/b6-4+. The Kier molecular flexibility index (Phi) is 1.84. The number of hydrogen-bond acceptors (Lipinski definition) is 1. The van der Waals surface area contributed by atoms with Gasteiger partial charge in [0, 0.05) is 16.6 Å². The van der Waals surface area contributed by atoms with Crippen molar-refractivity contribution in [2.45, 2.75) is 12.8 Å². The fourth-order valence-corrected chi connectivity index (χ4v) is 1.15. The maximum atomic E-state index is 3.83. The van der Waals surface area contributed by atoms with Crippen molar-refractivity contribution in [3.63, 3.8) is 0 Å². The molecule has 1 nitrogen and oxygen atoms in total. The lowest BCUT2D eigenvalue weighted by atomic mass is 10.3. The van der Waals surface area contributed by atoms with E-state index in [1.807, 2.05) is 4.99 Å². The van der Waals surface area contributed by atoms with E-state index in [0.717, 1.165) is 5.70 Å². The highest BCUT2D eigenvalue weighted by Crippen LogP contribution is 2.37. The van der Waals surface area contributed by atoms with Gasteiger partial charge in [-0.25, -0.2) is 0 Å². The molecule has 1 fully saturated rings. The van der Waals surface area contributed by atoms with Crippen LogP contribution in [0.4, 0.5) is 0 Å². The molecule has 0 spiro atoms. The highest BCUT2D eigenvalue weighted by atomic mass is 79.9. The second-order valence-electron chi connectivity index (χ2n) is 1.97. The van der Waals surface area contributed by atoms with Gasteiger partial charge < -0.3 is 0 Å². The van der Waals surface area contributed by atoms with Gasteiger partial charge in [-0.3, -0.25) is 4.99 Å². The van der Waals surface area contributed by atoms with Gasteiger partial charge in [0.2, 0.25) is 0 Å². The number of aliphatic imine (C=N–C) groups is 1. The Bertz CT molecular complexity index is 124. The molecule has 0 unspecified atom stereocenters. The molecular formula is C6H8BrN. The summed E-state index contributed by atoms with van der Waals surface area (Å²) in [6, 6.07) is 0. The summed E-state index contributed by atoms with van der Waals surface area (Å²) >= 11 is 3.22. The largest absolute Gasteiger partial charge is 0.268 e. The molecule has 1 saturated carbocycles. The maximum absolute atomic E-state index is 3.83. The quantitative estimate of drug-likeness (QED) is 0.569. The molecule has 1 aliphatic carbocycles. The number of hydrogen-bond donors (Lipinski definition) is 0. The molecule has 0 aliphatic heterocycles. The van der Waals surface area contributed by atoms with E-state index in [-0.39, 0.29) is 0 Å². The van der Waals surface area contributed by atoms with Crippen molar-refractivity contribution in [1.29, 1.82) is 0 Å². The van der Waals surface area contributed by atoms with Crippen molar-refractivity contribution in [2.24, 2.45) is 10.9 Å². The van der Waals surface area contributed by atoms with E-state index >= 15 is 0 Å². The lowest BCUT2D eigenvalue weighted by molar-refractivity contribution is 0.992. The third-order valence-electron chi connectivity index (χ3n) is 1.29. The first-order valence-corrected chi connectivity index (χ1v) is 3.57. The van der Waals surface area contributed by atoms with Crippen molar-refractivity contribution >= 4 is 22.6 Å². The molecule has 2 heteroatoms. The molecular weight excluding hydrogens is 166 g/mol. The van der Waals surface area contributed by atoms with E-state index in [9.17, 15) is 0 Å². The second-order valence-corrected chi connectivity index (χ2v) is 2.42. The van der Waals surface area contributed by atoms with E-state index in [1.54, 1.807) is 0 Å². The minimum Gasteiger partial charge on any atom is -0.268 e. The summed E-state index contributed by atoms with van der Waals surface area (Å²) in [6.45, 7) is 3.44. The lowest BCUT2D eigenvalue weighted by Crippen LogP contribution is -1.75. The van der Waals surface area contributed by atoms with Gasteiger partial charge in [-0.05, 0) is 19.6 Å². The highest BCUT2D eigenvalue weighted by Gasteiger charge is 2.24. The topological polar surface area (TPSA) is 12.4 Å². The van der Waals surface area contributed by atoms with Crippen molar-refractivity contribution in [2.75, 3.05) is 0 Å². The van der Waals surface area contributed by atoms with Gasteiger partial charge in [-0.2, -0.15) is 0 Å². The summed E-state index contributed by atoms with van der Waals surface area (Å²) in [6.07, 6.45) is 2.58. The predicted molar refractivity (Wildman–Crippen MR) is 39.3 cm³/mol. The van der Waals surface area contributed by atoms with Gasteiger partial charge in [0.15, 0.2) is 0 Å². The van der Waals surface area contributed by atoms with Crippen LogP contribution < -0.4 is 0 Å². The van der Waals surface area contributed by atoms with E-state index in [2.05, 4.69) is 27.6 Å².